The number of benzene rings is 2. The first-order valence-corrected chi connectivity index (χ1v) is 8.83. The van der Waals surface area contributed by atoms with Crippen LogP contribution < -0.4 is 10.6 Å². The highest BCUT2D eigenvalue weighted by molar-refractivity contribution is 7.18. The van der Waals surface area contributed by atoms with Gasteiger partial charge in [-0.3, -0.25) is 9.59 Å². The van der Waals surface area contributed by atoms with Gasteiger partial charge in [-0.15, -0.1) is 17.8 Å². The number of halogens is 1. The number of carbonyl (C=O) groups excluding carboxylic acids is 2. The Kier molecular flexibility index (Phi) is 5.34. The molecule has 0 bridgehead atoms. The highest BCUT2D eigenvalue weighted by atomic mass is 32.1. The minimum absolute atomic E-state index is 0.207. The van der Waals surface area contributed by atoms with E-state index >= 15 is 0 Å². The molecule has 2 N–H and O–H groups in total. The molecular formula is C21H15FN2O2S. The quantitative estimate of drug-likeness (QED) is 0.648. The summed E-state index contributed by atoms with van der Waals surface area (Å²) in [6.07, 6.45) is 5.37. The van der Waals surface area contributed by atoms with Gasteiger partial charge in [-0.25, -0.2) is 4.39 Å². The number of thiophene rings is 1. The van der Waals surface area contributed by atoms with Crippen LogP contribution >= 0.6 is 11.3 Å². The molecule has 0 atom stereocenters. The molecule has 2 aromatic carbocycles. The number of aryl methyl sites for hydroxylation is 1. The third kappa shape index (κ3) is 4.40. The van der Waals surface area contributed by atoms with Gasteiger partial charge in [0.05, 0.1) is 9.88 Å². The molecule has 0 saturated heterocycles. The van der Waals surface area contributed by atoms with Crippen molar-refractivity contribution in [1.82, 2.24) is 0 Å². The van der Waals surface area contributed by atoms with Crippen LogP contribution in [0.2, 0.25) is 0 Å². The molecule has 0 unspecified atom stereocenters. The third-order valence-corrected chi connectivity index (χ3v) is 4.89. The second-order valence-corrected chi connectivity index (χ2v) is 6.82. The van der Waals surface area contributed by atoms with Gasteiger partial charge in [0, 0.05) is 16.8 Å². The molecule has 2 amide bonds. The first kappa shape index (κ1) is 18.4. The molecular weight excluding hydrogens is 363 g/mol. The number of anilines is 2. The molecule has 0 fully saturated rings. The molecule has 0 saturated carbocycles. The highest BCUT2D eigenvalue weighted by Gasteiger charge is 2.16. The first-order valence-electron chi connectivity index (χ1n) is 8.01. The second-order valence-electron chi connectivity index (χ2n) is 5.77. The van der Waals surface area contributed by atoms with E-state index in [1.54, 1.807) is 37.3 Å². The van der Waals surface area contributed by atoms with E-state index in [1.165, 1.54) is 18.2 Å². The van der Waals surface area contributed by atoms with Crippen molar-refractivity contribution in [3.05, 3.63) is 82.0 Å². The van der Waals surface area contributed by atoms with Crippen molar-refractivity contribution in [3.63, 3.8) is 0 Å². The normalized spacial score (nSPS) is 10.1. The van der Waals surface area contributed by atoms with Gasteiger partial charge < -0.3 is 10.6 Å². The molecule has 0 spiro atoms. The fourth-order valence-corrected chi connectivity index (χ4v) is 3.42. The maximum absolute atomic E-state index is 13.3. The molecule has 6 heteroatoms. The summed E-state index contributed by atoms with van der Waals surface area (Å²) in [7, 11) is 0. The van der Waals surface area contributed by atoms with E-state index in [0.717, 1.165) is 23.0 Å². The van der Waals surface area contributed by atoms with Crippen molar-refractivity contribution < 1.29 is 14.0 Å². The van der Waals surface area contributed by atoms with Crippen LogP contribution in [0.25, 0.3) is 0 Å². The number of amides is 2. The van der Waals surface area contributed by atoms with Crippen LogP contribution in [0.5, 0.6) is 0 Å². The molecule has 1 heterocycles. The van der Waals surface area contributed by atoms with E-state index in [1.807, 2.05) is 0 Å². The monoisotopic (exact) mass is 378 g/mol. The first-order chi connectivity index (χ1) is 13.0. The lowest BCUT2D eigenvalue weighted by Gasteiger charge is -2.05. The number of hydrogen-bond acceptors (Lipinski definition) is 3. The fourth-order valence-electron chi connectivity index (χ4n) is 2.46. The molecule has 4 nitrogen and oxygen atoms in total. The largest absolute Gasteiger partial charge is 0.321 e. The Labute approximate surface area is 160 Å². The van der Waals surface area contributed by atoms with Crippen LogP contribution in [0.4, 0.5) is 15.1 Å². The summed E-state index contributed by atoms with van der Waals surface area (Å²) in [6.45, 7) is 1.78. The van der Waals surface area contributed by atoms with Crippen LogP contribution in [-0.4, -0.2) is 11.8 Å². The molecule has 0 aliphatic rings. The Hall–Kier alpha value is -3.43. The van der Waals surface area contributed by atoms with Gasteiger partial charge in [-0.1, -0.05) is 18.1 Å². The van der Waals surface area contributed by atoms with Crippen molar-refractivity contribution >= 4 is 33.8 Å². The molecule has 3 aromatic rings. The minimum Gasteiger partial charge on any atom is -0.321 e. The van der Waals surface area contributed by atoms with Crippen molar-refractivity contribution in [3.8, 4) is 12.3 Å². The Balaban J connectivity index is 1.74. The zero-order chi connectivity index (χ0) is 19.4. The van der Waals surface area contributed by atoms with Crippen molar-refractivity contribution in [2.24, 2.45) is 0 Å². The van der Waals surface area contributed by atoms with E-state index < -0.39 is 11.7 Å². The average molecular weight is 378 g/mol. The van der Waals surface area contributed by atoms with E-state index in [2.05, 4.69) is 16.6 Å². The van der Waals surface area contributed by atoms with E-state index in [4.69, 9.17) is 6.42 Å². The number of rotatable bonds is 4. The van der Waals surface area contributed by atoms with Crippen molar-refractivity contribution in [2.75, 3.05) is 10.6 Å². The predicted molar refractivity (Wildman–Crippen MR) is 106 cm³/mol. The van der Waals surface area contributed by atoms with Crippen molar-refractivity contribution in [1.29, 1.82) is 0 Å². The summed E-state index contributed by atoms with van der Waals surface area (Å²) in [5, 5.41) is 5.99. The minimum atomic E-state index is -0.487. The van der Waals surface area contributed by atoms with E-state index in [-0.39, 0.29) is 11.5 Å². The zero-order valence-corrected chi connectivity index (χ0v) is 15.2. The standard InChI is InChI=1S/C21H15FN2O2S/c1-3-14-6-4-9-17(11-14)23-21(26)19-13(2)10-18(27-19)24-20(25)15-7-5-8-16(22)12-15/h1,4-12H,2H3,(H,23,26)(H,24,25). The lowest BCUT2D eigenvalue weighted by molar-refractivity contribution is 0.101. The summed E-state index contributed by atoms with van der Waals surface area (Å²) in [6, 6.07) is 14.1. The number of hydrogen-bond donors (Lipinski definition) is 2. The summed E-state index contributed by atoms with van der Waals surface area (Å²) in [4.78, 5) is 25.2. The van der Waals surface area contributed by atoms with Crippen molar-refractivity contribution in [2.45, 2.75) is 6.92 Å². The molecule has 0 aliphatic heterocycles. The van der Waals surface area contributed by atoms with E-state index in [0.29, 0.717) is 21.1 Å². The molecule has 134 valence electrons. The van der Waals surface area contributed by atoms with Gasteiger partial charge >= 0.3 is 0 Å². The summed E-state index contributed by atoms with van der Waals surface area (Å²) < 4.78 is 13.3. The number of carbonyl (C=O) groups is 2. The molecule has 3 rings (SSSR count). The highest BCUT2D eigenvalue weighted by Crippen LogP contribution is 2.28. The van der Waals surface area contributed by atoms with Crippen LogP contribution in [-0.2, 0) is 0 Å². The van der Waals surface area contributed by atoms with Crippen LogP contribution in [0.1, 0.15) is 31.2 Å². The molecule has 1 aromatic heterocycles. The molecule has 0 aliphatic carbocycles. The zero-order valence-electron chi connectivity index (χ0n) is 14.4. The fraction of sp³-hybridized carbons (Fsp3) is 0.0476. The van der Waals surface area contributed by atoms with Crippen LogP contribution in [0.3, 0.4) is 0 Å². The summed E-state index contributed by atoms with van der Waals surface area (Å²) >= 11 is 1.15. The Morgan fingerprint density at radius 1 is 1.04 bits per heavy atom. The Morgan fingerprint density at radius 3 is 2.56 bits per heavy atom. The second kappa shape index (κ2) is 7.85. The number of nitrogens with one attached hydrogen (secondary N) is 2. The van der Waals surface area contributed by atoms with Gasteiger partial charge in [-0.2, -0.15) is 0 Å². The summed E-state index contributed by atoms with van der Waals surface area (Å²) in [5.74, 6) is 1.29. The number of terminal acetylenes is 1. The van der Waals surface area contributed by atoms with Crippen LogP contribution in [0, 0.1) is 25.1 Å². The van der Waals surface area contributed by atoms with Gasteiger partial charge in [0.15, 0.2) is 0 Å². The lowest BCUT2D eigenvalue weighted by Crippen LogP contribution is -2.11. The maximum atomic E-state index is 13.3. The SMILES string of the molecule is C#Cc1cccc(NC(=O)c2sc(NC(=O)c3cccc(F)c3)cc2C)c1. The van der Waals surface area contributed by atoms with Gasteiger partial charge in [-0.05, 0) is 55.0 Å². The van der Waals surface area contributed by atoms with Gasteiger partial charge in [0.2, 0.25) is 0 Å². The summed E-state index contributed by atoms with van der Waals surface area (Å²) in [5.41, 5.74) is 2.19. The molecule has 27 heavy (non-hydrogen) atoms. The lowest BCUT2D eigenvalue weighted by atomic mass is 10.2. The Bertz CT molecular complexity index is 1070. The predicted octanol–water partition coefficient (Wildman–Crippen LogP) is 4.68. The van der Waals surface area contributed by atoms with Gasteiger partial charge in [0.25, 0.3) is 11.8 Å². The van der Waals surface area contributed by atoms with E-state index in [9.17, 15) is 14.0 Å². The smallest absolute Gasteiger partial charge is 0.266 e. The maximum Gasteiger partial charge on any atom is 0.266 e. The van der Waals surface area contributed by atoms with Gasteiger partial charge in [0.1, 0.15) is 5.82 Å². The van der Waals surface area contributed by atoms with Crippen LogP contribution in [0.15, 0.2) is 54.6 Å². The third-order valence-electron chi connectivity index (χ3n) is 3.73. The topological polar surface area (TPSA) is 58.2 Å². The average Bonchev–Trinajstić information content (AvgIpc) is 3.02. The Morgan fingerprint density at radius 2 is 1.81 bits per heavy atom. The molecule has 0 radical (unpaired) electrons.